The summed E-state index contributed by atoms with van der Waals surface area (Å²) in [6.07, 6.45) is 5.13. The minimum absolute atomic E-state index is 0.00114. The summed E-state index contributed by atoms with van der Waals surface area (Å²) in [7, 11) is 0. The normalized spacial score (nSPS) is 11.0. The number of rotatable bonds is 5. The summed E-state index contributed by atoms with van der Waals surface area (Å²) in [5.41, 5.74) is 9.86. The van der Waals surface area contributed by atoms with Gasteiger partial charge in [0.2, 0.25) is 0 Å². The average molecular weight is 296 g/mol. The average Bonchev–Trinajstić information content (AvgIpc) is 2.52. The highest BCUT2D eigenvalue weighted by Gasteiger charge is 2.21. The van der Waals surface area contributed by atoms with Crippen LogP contribution in [0.5, 0.6) is 0 Å². The van der Waals surface area contributed by atoms with Crippen LogP contribution in [0.1, 0.15) is 36.1 Å². The van der Waals surface area contributed by atoms with Gasteiger partial charge in [0.25, 0.3) is 5.69 Å². The minimum atomic E-state index is -0.390. The lowest BCUT2D eigenvalue weighted by molar-refractivity contribution is -0.384. The Kier molecular flexibility index (Phi) is 4.94. The summed E-state index contributed by atoms with van der Waals surface area (Å²) in [6, 6.07) is 11.6. The first-order valence-electron chi connectivity index (χ1n) is 7.40. The van der Waals surface area contributed by atoms with E-state index >= 15 is 0 Å². The molecule has 4 heteroatoms. The molecule has 0 saturated heterocycles. The fourth-order valence-electron chi connectivity index (χ4n) is 2.63. The van der Waals surface area contributed by atoms with Crippen LogP contribution in [0.2, 0.25) is 0 Å². The van der Waals surface area contributed by atoms with Gasteiger partial charge < -0.3 is 5.73 Å². The Morgan fingerprint density at radius 1 is 1.14 bits per heavy atom. The van der Waals surface area contributed by atoms with Crippen LogP contribution < -0.4 is 5.73 Å². The molecule has 0 aromatic heterocycles. The summed E-state index contributed by atoms with van der Waals surface area (Å²) >= 11 is 0. The number of nitro benzene ring substituents is 1. The molecule has 0 aliphatic rings. The van der Waals surface area contributed by atoms with E-state index in [1.165, 1.54) is 0 Å². The van der Waals surface area contributed by atoms with Gasteiger partial charge in [-0.2, -0.15) is 0 Å². The maximum absolute atomic E-state index is 11.4. The van der Waals surface area contributed by atoms with Gasteiger partial charge >= 0.3 is 0 Å². The summed E-state index contributed by atoms with van der Waals surface area (Å²) in [4.78, 5) is 11.0. The molecule has 0 fully saturated rings. The van der Waals surface area contributed by atoms with Gasteiger partial charge in [0.05, 0.1) is 10.5 Å². The van der Waals surface area contributed by atoms with Crippen molar-refractivity contribution in [3.8, 4) is 0 Å². The van der Waals surface area contributed by atoms with Crippen LogP contribution in [0, 0.1) is 10.1 Å². The van der Waals surface area contributed by atoms with Crippen LogP contribution in [-0.4, -0.2) is 4.92 Å². The molecule has 22 heavy (non-hydrogen) atoms. The zero-order valence-electron chi connectivity index (χ0n) is 12.9. The van der Waals surface area contributed by atoms with Gasteiger partial charge in [-0.1, -0.05) is 50.3 Å². The fourth-order valence-corrected chi connectivity index (χ4v) is 2.63. The number of anilines is 1. The molecule has 2 aromatic rings. The van der Waals surface area contributed by atoms with Crippen molar-refractivity contribution in [2.75, 3.05) is 5.73 Å². The van der Waals surface area contributed by atoms with Gasteiger partial charge in [0.15, 0.2) is 0 Å². The maximum atomic E-state index is 11.4. The molecule has 0 atom stereocenters. The fraction of sp³-hybridized carbons (Fsp3) is 0.222. The van der Waals surface area contributed by atoms with Gasteiger partial charge in [-0.05, 0) is 41.7 Å². The third-order valence-corrected chi connectivity index (χ3v) is 3.74. The third kappa shape index (κ3) is 3.17. The van der Waals surface area contributed by atoms with Crippen molar-refractivity contribution in [2.24, 2.45) is 0 Å². The Bertz CT molecular complexity index is 707. The number of nitrogens with two attached hydrogens (primary N) is 1. The highest BCUT2D eigenvalue weighted by atomic mass is 16.6. The number of aryl methyl sites for hydroxylation is 1. The molecule has 0 heterocycles. The predicted octanol–water partition coefficient (Wildman–Crippen LogP) is 4.47. The van der Waals surface area contributed by atoms with Crippen LogP contribution >= 0.6 is 0 Å². The molecule has 0 aliphatic carbocycles. The van der Waals surface area contributed by atoms with Crippen molar-refractivity contribution in [1.82, 2.24) is 0 Å². The lowest BCUT2D eigenvalue weighted by Crippen LogP contribution is -2.05. The van der Waals surface area contributed by atoms with Crippen LogP contribution in [-0.2, 0) is 12.8 Å². The quantitative estimate of drug-likeness (QED) is 0.383. The van der Waals surface area contributed by atoms with Crippen molar-refractivity contribution in [3.63, 3.8) is 0 Å². The molecule has 2 aromatic carbocycles. The first-order chi connectivity index (χ1) is 10.6. The number of nitro groups is 1. The summed E-state index contributed by atoms with van der Waals surface area (Å²) < 4.78 is 0. The van der Waals surface area contributed by atoms with E-state index in [9.17, 15) is 10.1 Å². The van der Waals surface area contributed by atoms with Gasteiger partial charge in [-0.3, -0.25) is 10.1 Å². The lowest BCUT2D eigenvalue weighted by Gasteiger charge is -2.12. The molecule has 0 unspecified atom stereocenters. The molecule has 114 valence electrons. The van der Waals surface area contributed by atoms with Crippen LogP contribution in [0.15, 0.2) is 36.4 Å². The summed E-state index contributed by atoms with van der Waals surface area (Å²) in [6.45, 7) is 4.00. The second kappa shape index (κ2) is 6.89. The molecule has 0 radical (unpaired) electrons. The van der Waals surface area contributed by atoms with E-state index in [1.54, 1.807) is 6.08 Å². The Balaban J connectivity index is 2.57. The molecule has 0 bridgehead atoms. The van der Waals surface area contributed by atoms with Crippen molar-refractivity contribution in [1.29, 1.82) is 0 Å². The number of benzene rings is 2. The van der Waals surface area contributed by atoms with E-state index in [0.717, 1.165) is 23.1 Å². The largest absolute Gasteiger partial charge is 0.393 e. The second-order valence-corrected chi connectivity index (χ2v) is 5.07. The zero-order valence-corrected chi connectivity index (χ0v) is 12.9. The van der Waals surface area contributed by atoms with Crippen molar-refractivity contribution < 1.29 is 4.92 Å². The molecule has 0 saturated carbocycles. The molecule has 0 spiro atoms. The van der Waals surface area contributed by atoms with Gasteiger partial charge in [0.1, 0.15) is 5.69 Å². The van der Waals surface area contributed by atoms with E-state index in [1.807, 2.05) is 56.3 Å². The molecular weight excluding hydrogens is 276 g/mol. The number of hydrogen-bond donors (Lipinski definition) is 1. The lowest BCUT2D eigenvalue weighted by atomic mass is 9.95. The Labute approximate surface area is 130 Å². The van der Waals surface area contributed by atoms with E-state index in [4.69, 9.17) is 5.73 Å². The Hall–Kier alpha value is -2.62. The van der Waals surface area contributed by atoms with E-state index in [2.05, 4.69) is 0 Å². The molecule has 0 amide bonds. The molecule has 2 N–H and O–H groups in total. The highest BCUT2D eigenvalue weighted by molar-refractivity contribution is 5.81. The zero-order chi connectivity index (χ0) is 16.1. The van der Waals surface area contributed by atoms with Crippen LogP contribution in [0.3, 0.4) is 0 Å². The van der Waals surface area contributed by atoms with E-state index in [0.29, 0.717) is 17.7 Å². The highest BCUT2D eigenvalue weighted by Crippen LogP contribution is 2.34. The molecular formula is C18H20N2O2. The van der Waals surface area contributed by atoms with E-state index in [-0.39, 0.29) is 5.69 Å². The first-order valence-corrected chi connectivity index (χ1v) is 7.40. The van der Waals surface area contributed by atoms with Crippen LogP contribution in [0.4, 0.5) is 11.4 Å². The number of nitrogen functional groups attached to an aromatic ring is 1. The SMILES string of the molecule is CCc1cc(C=Cc2ccccc2)c([N+](=O)[O-])c(N)c1CC. The predicted molar refractivity (Wildman–Crippen MR) is 91.6 cm³/mol. The third-order valence-electron chi connectivity index (χ3n) is 3.74. The Morgan fingerprint density at radius 2 is 1.82 bits per heavy atom. The van der Waals surface area contributed by atoms with Crippen molar-refractivity contribution >= 4 is 23.5 Å². The summed E-state index contributed by atoms with van der Waals surface area (Å²) in [5, 5.41) is 11.4. The molecule has 0 aliphatic heterocycles. The number of hydrogen-bond acceptors (Lipinski definition) is 3. The first kappa shape index (κ1) is 15.8. The Morgan fingerprint density at radius 3 is 2.36 bits per heavy atom. The second-order valence-electron chi connectivity index (χ2n) is 5.07. The number of nitrogens with zero attached hydrogens (tertiary/aromatic N) is 1. The topological polar surface area (TPSA) is 69.2 Å². The summed E-state index contributed by atoms with van der Waals surface area (Å²) in [5.74, 6) is 0. The standard InChI is InChI=1S/C18H20N2O2/c1-3-14-12-15(11-10-13-8-6-5-7-9-13)18(20(21)22)17(19)16(14)4-2/h5-12H,3-4,19H2,1-2H3. The van der Waals surface area contributed by atoms with Crippen molar-refractivity contribution in [3.05, 3.63) is 68.8 Å². The van der Waals surface area contributed by atoms with Gasteiger partial charge in [-0.25, -0.2) is 0 Å². The monoisotopic (exact) mass is 296 g/mol. The van der Waals surface area contributed by atoms with Gasteiger partial charge in [-0.15, -0.1) is 0 Å². The maximum Gasteiger partial charge on any atom is 0.299 e. The van der Waals surface area contributed by atoms with E-state index < -0.39 is 4.92 Å². The van der Waals surface area contributed by atoms with Crippen molar-refractivity contribution in [2.45, 2.75) is 26.7 Å². The smallest absolute Gasteiger partial charge is 0.299 e. The van der Waals surface area contributed by atoms with Gasteiger partial charge in [0, 0.05) is 0 Å². The minimum Gasteiger partial charge on any atom is -0.393 e. The molecule has 2 rings (SSSR count). The molecule has 4 nitrogen and oxygen atoms in total. The van der Waals surface area contributed by atoms with Crippen LogP contribution in [0.25, 0.3) is 12.2 Å².